The van der Waals surface area contributed by atoms with Gasteiger partial charge in [0.25, 0.3) is 11.1 Å². The third kappa shape index (κ3) is 3.04. The minimum atomic E-state index is -0.333. The van der Waals surface area contributed by atoms with Crippen LogP contribution in [0.3, 0.4) is 0 Å². The van der Waals surface area contributed by atoms with Crippen LogP contribution in [0.25, 0.3) is 17.2 Å². The average Bonchev–Trinajstić information content (AvgIpc) is 2.86. The molecule has 2 amide bonds. The number of hydrogen-bond acceptors (Lipinski definition) is 4. The highest BCUT2D eigenvalue weighted by atomic mass is 32.2. The molecule has 1 saturated heterocycles. The lowest BCUT2D eigenvalue weighted by Crippen LogP contribution is -2.17. The lowest BCUT2D eigenvalue weighted by Gasteiger charge is -2.05. The zero-order valence-corrected chi connectivity index (χ0v) is 12.7. The number of rotatable bonds is 3. The van der Waals surface area contributed by atoms with Crippen molar-refractivity contribution in [3.05, 3.63) is 59.0 Å². The average molecular weight is 310 g/mol. The predicted molar refractivity (Wildman–Crippen MR) is 90.5 cm³/mol. The van der Waals surface area contributed by atoms with Crippen molar-refractivity contribution in [2.24, 2.45) is 0 Å². The van der Waals surface area contributed by atoms with Crippen LogP contribution in [0.2, 0.25) is 0 Å². The summed E-state index contributed by atoms with van der Waals surface area (Å²) in [6.45, 7) is 0. The first kappa shape index (κ1) is 14.4. The van der Waals surface area contributed by atoms with E-state index in [-0.39, 0.29) is 11.1 Å². The predicted octanol–water partition coefficient (Wildman–Crippen LogP) is 3.72. The Bertz CT molecular complexity index is 766. The summed E-state index contributed by atoms with van der Waals surface area (Å²) in [5.74, 6) is -0.333. The van der Waals surface area contributed by atoms with Crippen molar-refractivity contribution in [3.63, 3.8) is 0 Å². The fourth-order valence-corrected chi connectivity index (χ4v) is 2.88. The lowest BCUT2D eigenvalue weighted by molar-refractivity contribution is -0.115. The van der Waals surface area contributed by atoms with E-state index in [4.69, 9.17) is 0 Å². The van der Waals surface area contributed by atoms with Gasteiger partial charge >= 0.3 is 0 Å². The number of benzene rings is 2. The van der Waals surface area contributed by atoms with E-state index in [1.54, 1.807) is 6.08 Å². The summed E-state index contributed by atoms with van der Waals surface area (Å²) in [4.78, 5) is 23.1. The van der Waals surface area contributed by atoms with E-state index < -0.39 is 0 Å². The molecule has 0 aliphatic carbocycles. The molecule has 0 unspecified atom stereocenters. The lowest BCUT2D eigenvalue weighted by atomic mass is 10.0. The zero-order chi connectivity index (χ0) is 15.5. The molecule has 2 aromatic rings. The van der Waals surface area contributed by atoms with Crippen molar-refractivity contribution in [3.8, 4) is 11.1 Å². The Kier molecular flexibility index (Phi) is 3.98. The Morgan fingerprint density at radius 2 is 1.82 bits per heavy atom. The third-order valence-electron chi connectivity index (χ3n) is 3.34. The number of nitrogens with one attached hydrogen (secondary N) is 2. The minimum absolute atomic E-state index is 0.322. The maximum atomic E-state index is 11.5. The molecule has 22 heavy (non-hydrogen) atoms. The van der Waals surface area contributed by atoms with E-state index in [1.165, 1.54) is 0 Å². The summed E-state index contributed by atoms with van der Waals surface area (Å²) >= 11 is 0.927. The van der Waals surface area contributed by atoms with E-state index in [9.17, 15) is 9.59 Å². The van der Waals surface area contributed by atoms with Gasteiger partial charge in [-0.05, 0) is 46.7 Å². The van der Waals surface area contributed by atoms with Gasteiger partial charge in [-0.25, -0.2) is 0 Å². The number of hydrogen-bond donors (Lipinski definition) is 2. The van der Waals surface area contributed by atoms with Crippen molar-refractivity contribution in [1.82, 2.24) is 5.32 Å². The van der Waals surface area contributed by atoms with Gasteiger partial charge in [-0.2, -0.15) is 0 Å². The molecule has 1 aliphatic rings. The van der Waals surface area contributed by atoms with Gasteiger partial charge < -0.3 is 5.32 Å². The van der Waals surface area contributed by atoms with Crippen molar-refractivity contribution in [2.75, 3.05) is 12.4 Å². The second kappa shape index (κ2) is 6.07. The van der Waals surface area contributed by atoms with E-state index in [2.05, 4.69) is 16.7 Å². The van der Waals surface area contributed by atoms with Gasteiger partial charge in [0, 0.05) is 12.7 Å². The van der Waals surface area contributed by atoms with E-state index in [0.29, 0.717) is 4.91 Å². The normalized spacial score (nSPS) is 16.0. The smallest absolute Gasteiger partial charge is 0.290 e. The molecule has 110 valence electrons. The molecular formula is C17H14N2O2S. The number of anilines is 1. The van der Waals surface area contributed by atoms with Crippen LogP contribution < -0.4 is 10.6 Å². The van der Waals surface area contributed by atoms with E-state index in [1.807, 2.05) is 49.5 Å². The summed E-state index contributed by atoms with van der Waals surface area (Å²) in [6, 6.07) is 16.0. The molecule has 3 rings (SSSR count). The van der Waals surface area contributed by atoms with Crippen LogP contribution in [0, 0.1) is 0 Å². The largest absolute Gasteiger partial charge is 0.388 e. The van der Waals surface area contributed by atoms with Gasteiger partial charge in [0.05, 0.1) is 4.91 Å². The molecule has 1 aliphatic heterocycles. The van der Waals surface area contributed by atoms with Gasteiger partial charge in [-0.3, -0.25) is 14.9 Å². The first-order chi connectivity index (χ1) is 10.7. The summed E-state index contributed by atoms with van der Waals surface area (Å²) < 4.78 is 0. The van der Waals surface area contributed by atoms with Crippen molar-refractivity contribution in [2.45, 2.75) is 0 Å². The fraction of sp³-hybridized carbons (Fsp3) is 0.0588. The van der Waals surface area contributed by atoms with E-state index >= 15 is 0 Å². The highest BCUT2D eigenvalue weighted by Gasteiger charge is 2.24. The second-order valence-electron chi connectivity index (χ2n) is 4.81. The summed E-state index contributed by atoms with van der Waals surface area (Å²) in [5.41, 5.74) is 4.16. The highest BCUT2D eigenvalue weighted by Crippen LogP contribution is 2.27. The molecule has 1 fully saturated rings. The van der Waals surface area contributed by atoms with Gasteiger partial charge in [0.1, 0.15) is 0 Å². The molecule has 1 heterocycles. The van der Waals surface area contributed by atoms with Crippen LogP contribution in [-0.2, 0) is 4.79 Å². The van der Waals surface area contributed by atoms with Gasteiger partial charge in [0.15, 0.2) is 0 Å². The number of carbonyl (C=O) groups is 2. The fourth-order valence-electron chi connectivity index (χ4n) is 2.20. The number of amides is 2. The third-order valence-corrected chi connectivity index (χ3v) is 4.15. The minimum Gasteiger partial charge on any atom is -0.388 e. The van der Waals surface area contributed by atoms with Crippen LogP contribution in [0.15, 0.2) is 53.4 Å². The molecular weight excluding hydrogens is 296 g/mol. The molecule has 2 N–H and O–H groups in total. The maximum Gasteiger partial charge on any atom is 0.290 e. The van der Waals surface area contributed by atoms with Gasteiger partial charge in [0.2, 0.25) is 0 Å². The molecule has 2 aromatic carbocycles. The first-order valence-corrected chi connectivity index (χ1v) is 7.60. The Morgan fingerprint density at radius 3 is 2.45 bits per heavy atom. The van der Waals surface area contributed by atoms with Crippen molar-refractivity contribution < 1.29 is 9.59 Å². The quantitative estimate of drug-likeness (QED) is 0.848. The van der Waals surface area contributed by atoms with Crippen LogP contribution in [0.5, 0.6) is 0 Å². The molecule has 0 atom stereocenters. The molecule has 0 aromatic heterocycles. The first-order valence-electron chi connectivity index (χ1n) is 6.79. The number of thioether (sulfide) groups is 1. The van der Waals surface area contributed by atoms with Crippen LogP contribution >= 0.6 is 11.8 Å². The van der Waals surface area contributed by atoms with Gasteiger partial charge in [-0.1, -0.05) is 36.4 Å². The Hall–Kier alpha value is -2.53. The Balaban J connectivity index is 1.85. The Labute approximate surface area is 132 Å². The zero-order valence-electron chi connectivity index (χ0n) is 11.9. The molecule has 0 radical (unpaired) electrons. The SMILES string of the molecule is CNc1cccc(-c2ccc(C=C3SC(=O)NC3=O)cc2)c1. The van der Waals surface area contributed by atoms with E-state index in [0.717, 1.165) is 34.1 Å². The topological polar surface area (TPSA) is 58.2 Å². The molecule has 0 saturated carbocycles. The molecule has 5 heteroatoms. The number of imide groups is 1. The Morgan fingerprint density at radius 1 is 1.05 bits per heavy atom. The standard InChI is InChI=1S/C17H14N2O2S/c1-18-14-4-2-3-13(10-14)12-7-5-11(6-8-12)9-15-16(20)19-17(21)22-15/h2-10,18H,1H3,(H,19,20,21). The molecule has 0 bridgehead atoms. The monoisotopic (exact) mass is 310 g/mol. The van der Waals surface area contributed by atoms with Crippen molar-refractivity contribution in [1.29, 1.82) is 0 Å². The highest BCUT2D eigenvalue weighted by molar-refractivity contribution is 8.18. The van der Waals surface area contributed by atoms with Crippen molar-refractivity contribution >= 4 is 34.7 Å². The molecule has 0 spiro atoms. The van der Waals surface area contributed by atoms with Crippen LogP contribution in [0.4, 0.5) is 10.5 Å². The number of carbonyl (C=O) groups excluding carboxylic acids is 2. The summed E-state index contributed by atoms with van der Waals surface area (Å²) in [7, 11) is 1.89. The summed E-state index contributed by atoms with van der Waals surface area (Å²) in [5, 5.41) is 5.04. The van der Waals surface area contributed by atoms with Crippen LogP contribution in [0.1, 0.15) is 5.56 Å². The molecule has 4 nitrogen and oxygen atoms in total. The van der Waals surface area contributed by atoms with Gasteiger partial charge in [-0.15, -0.1) is 0 Å². The van der Waals surface area contributed by atoms with Crippen LogP contribution in [-0.4, -0.2) is 18.2 Å². The maximum absolute atomic E-state index is 11.5. The second-order valence-corrected chi connectivity index (χ2v) is 5.82. The summed E-state index contributed by atoms with van der Waals surface area (Å²) in [6.07, 6.45) is 1.72.